The molecule has 1 aliphatic heterocycles. The largest absolute Gasteiger partial charge is 0.361 e. The van der Waals surface area contributed by atoms with E-state index in [0.29, 0.717) is 6.04 Å². The van der Waals surface area contributed by atoms with Gasteiger partial charge < -0.3 is 9.88 Å². The van der Waals surface area contributed by atoms with E-state index in [0.717, 1.165) is 42.6 Å². The quantitative estimate of drug-likeness (QED) is 0.910. The standard InChI is InChI=1S/C16H21N3O/c1-3-18-8-9-19(11-12(18)2)16(20)14-4-5-15-13(10-14)6-7-17-15/h4-7,10,12,17H,3,8-9,11H2,1-2H3. The van der Waals surface area contributed by atoms with E-state index in [9.17, 15) is 4.79 Å². The fraction of sp³-hybridized carbons (Fsp3) is 0.438. The van der Waals surface area contributed by atoms with Gasteiger partial charge in [-0.15, -0.1) is 0 Å². The summed E-state index contributed by atoms with van der Waals surface area (Å²) in [5.74, 6) is 0.149. The molecule has 1 amide bonds. The molecule has 1 saturated heterocycles. The molecule has 1 N–H and O–H groups in total. The zero-order valence-corrected chi connectivity index (χ0v) is 12.1. The number of piperazine rings is 1. The van der Waals surface area contributed by atoms with E-state index < -0.39 is 0 Å². The van der Waals surface area contributed by atoms with E-state index in [4.69, 9.17) is 0 Å². The fourth-order valence-electron chi connectivity index (χ4n) is 3.02. The molecule has 4 nitrogen and oxygen atoms in total. The number of benzene rings is 1. The number of rotatable bonds is 2. The van der Waals surface area contributed by atoms with Gasteiger partial charge in [0.25, 0.3) is 5.91 Å². The van der Waals surface area contributed by atoms with Gasteiger partial charge in [-0.3, -0.25) is 9.69 Å². The van der Waals surface area contributed by atoms with Crippen molar-refractivity contribution in [2.75, 3.05) is 26.2 Å². The van der Waals surface area contributed by atoms with Gasteiger partial charge in [0.05, 0.1) is 0 Å². The van der Waals surface area contributed by atoms with Crippen LogP contribution in [0.4, 0.5) is 0 Å². The number of nitrogens with zero attached hydrogens (tertiary/aromatic N) is 2. The molecule has 1 unspecified atom stereocenters. The zero-order chi connectivity index (χ0) is 14.1. The SMILES string of the molecule is CCN1CCN(C(=O)c2ccc3[nH]ccc3c2)CC1C. The summed E-state index contributed by atoms with van der Waals surface area (Å²) in [7, 11) is 0. The number of fused-ring (bicyclic) bond motifs is 1. The summed E-state index contributed by atoms with van der Waals surface area (Å²) in [6, 6.07) is 8.31. The van der Waals surface area contributed by atoms with Gasteiger partial charge in [-0.25, -0.2) is 0 Å². The highest BCUT2D eigenvalue weighted by atomic mass is 16.2. The zero-order valence-electron chi connectivity index (χ0n) is 12.1. The first-order valence-corrected chi connectivity index (χ1v) is 7.29. The Labute approximate surface area is 119 Å². The molecule has 2 aromatic rings. The van der Waals surface area contributed by atoms with Gasteiger partial charge >= 0.3 is 0 Å². The maximum absolute atomic E-state index is 12.6. The van der Waals surface area contributed by atoms with Crippen molar-refractivity contribution in [1.29, 1.82) is 0 Å². The summed E-state index contributed by atoms with van der Waals surface area (Å²) >= 11 is 0. The van der Waals surface area contributed by atoms with E-state index in [-0.39, 0.29) is 5.91 Å². The Balaban J connectivity index is 1.78. The molecule has 1 aromatic heterocycles. The van der Waals surface area contributed by atoms with Crippen LogP contribution in [-0.4, -0.2) is 52.9 Å². The first-order valence-electron chi connectivity index (χ1n) is 7.29. The van der Waals surface area contributed by atoms with Crippen molar-refractivity contribution < 1.29 is 4.79 Å². The Morgan fingerprint density at radius 2 is 2.20 bits per heavy atom. The minimum absolute atomic E-state index is 0.149. The number of H-pyrrole nitrogens is 1. The van der Waals surface area contributed by atoms with E-state index in [2.05, 4.69) is 23.7 Å². The minimum atomic E-state index is 0.149. The lowest BCUT2D eigenvalue weighted by Gasteiger charge is -2.39. The van der Waals surface area contributed by atoms with Crippen LogP contribution < -0.4 is 0 Å². The third-order valence-electron chi connectivity index (χ3n) is 4.26. The average molecular weight is 271 g/mol. The van der Waals surface area contributed by atoms with E-state index >= 15 is 0 Å². The molecule has 20 heavy (non-hydrogen) atoms. The van der Waals surface area contributed by atoms with Crippen LogP contribution in [0.15, 0.2) is 30.5 Å². The molecule has 4 heteroatoms. The normalized spacial score (nSPS) is 20.5. The van der Waals surface area contributed by atoms with Gasteiger partial charge in [-0.2, -0.15) is 0 Å². The number of hydrogen-bond donors (Lipinski definition) is 1. The van der Waals surface area contributed by atoms with Crippen molar-refractivity contribution in [2.45, 2.75) is 19.9 Å². The number of aromatic nitrogens is 1. The minimum Gasteiger partial charge on any atom is -0.361 e. The second-order valence-electron chi connectivity index (χ2n) is 5.51. The predicted octanol–water partition coefficient (Wildman–Crippen LogP) is 2.33. The molecule has 1 fully saturated rings. The van der Waals surface area contributed by atoms with Gasteiger partial charge in [-0.05, 0) is 37.7 Å². The summed E-state index contributed by atoms with van der Waals surface area (Å²) in [5, 5.41) is 1.09. The summed E-state index contributed by atoms with van der Waals surface area (Å²) in [6.07, 6.45) is 1.90. The van der Waals surface area contributed by atoms with Crippen LogP contribution in [0.1, 0.15) is 24.2 Å². The highest BCUT2D eigenvalue weighted by molar-refractivity contribution is 5.98. The third kappa shape index (κ3) is 2.31. The summed E-state index contributed by atoms with van der Waals surface area (Å²) in [6.45, 7) is 8.03. The Morgan fingerprint density at radius 3 is 2.95 bits per heavy atom. The second kappa shape index (κ2) is 5.29. The highest BCUT2D eigenvalue weighted by Gasteiger charge is 2.26. The lowest BCUT2D eigenvalue weighted by atomic mass is 10.1. The highest BCUT2D eigenvalue weighted by Crippen LogP contribution is 2.17. The lowest BCUT2D eigenvalue weighted by molar-refractivity contribution is 0.0528. The summed E-state index contributed by atoms with van der Waals surface area (Å²) < 4.78 is 0. The van der Waals surface area contributed by atoms with E-state index in [1.807, 2.05) is 35.4 Å². The molecular formula is C16H21N3O. The van der Waals surface area contributed by atoms with Crippen LogP contribution in [0.25, 0.3) is 10.9 Å². The van der Waals surface area contributed by atoms with Gasteiger partial charge in [0.1, 0.15) is 0 Å². The van der Waals surface area contributed by atoms with E-state index in [1.165, 1.54) is 0 Å². The Kier molecular flexibility index (Phi) is 3.49. The molecular weight excluding hydrogens is 250 g/mol. The monoisotopic (exact) mass is 271 g/mol. The van der Waals surface area contributed by atoms with Gasteiger partial charge in [-0.1, -0.05) is 6.92 Å². The van der Waals surface area contributed by atoms with Crippen LogP contribution in [-0.2, 0) is 0 Å². The van der Waals surface area contributed by atoms with E-state index in [1.54, 1.807) is 0 Å². The van der Waals surface area contributed by atoms with Crippen molar-refractivity contribution in [3.05, 3.63) is 36.0 Å². The Morgan fingerprint density at radius 1 is 1.35 bits per heavy atom. The van der Waals surface area contributed by atoms with Crippen LogP contribution in [0.3, 0.4) is 0 Å². The Hall–Kier alpha value is -1.81. The Bertz CT molecular complexity index is 619. The van der Waals surface area contributed by atoms with Crippen molar-refractivity contribution in [3.63, 3.8) is 0 Å². The molecule has 0 radical (unpaired) electrons. The van der Waals surface area contributed by atoms with Crippen molar-refractivity contribution in [1.82, 2.24) is 14.8 Å². The molecule has 1 aromatic carbocycles. The van der Waals surface area contributed by atoms with Crippen molar-refractivity contribution in [3.8, 4) is 0 Å². The van der Waals surface area contributed by atoms with Gasteiger partial charge in [0.15, 0.2) is 0 Å². The predicted molar refractivity (Wildman–Crippen MR) is 80.9 cm³/mol. The summed E-state index contributed by atoms with van der Waals surface area (Å²) in [4.78, 5) is 20.1. The number of carbonyl (C=O) groups is 1. The number of amides is 1. The van der Waals surface area contributed by atoms with Crippen LogP contribution in [0, 0.1) is 0 Å². The molecule has 1 aliphatic rings. The topological polar surface area (TPSA) is 39.3 Å². The maximum atomic E-state index is 12.6. The first kappa shape index (κ1) is 13.2. The van der Waals surface area contributed by atoms with Crippen molar-refractivity contribution >= 4 is 16.8 Å². The molecule has 0 bridgehead atoms. The smallest absolute Gasteiger partial charge is 0.253 e. The summed E-state index contributed by atoms with van der Waals surface area (Å²) in [5.41, 5.74) is 1.86. The van der Waals surface area contributed by atoms with Gasteiger partial charge in [0.2, 0.25) is 0 Å². The molecule has 0 aliphatic carbocycles. The number of nitrogens with one attached hydrogen (secondary N) is 1. The number of aromatic amines is 1. The van der Waals surface area contributed by atoms with Crippen LogP contribution >= 0.6 is 0 Å². The van der Waals surface area contributed by atoms with Crippen LogP contribution in [0.5, 0.6) is 0 Å². The van der Waals surface area contributed by atoms with Crippen LogP contribution in [0.2, 0.25) is 0 Å². The van der Waals surface area contributed by atoms with Gasteiger partial charge in [0, 0.05) is 48.3 Å². The average Bonchev–Trinajstić information content (AvgIpc) is 2.93. The molecule has 3 rings (SSSR count). The molecule has 0 saturated carbocycles. The third-order valence-corrected chi connectivity index (χ3v) is 4.26. The maximum Gasteiger partial charge on any atom is 0.253 e. The molecule has 106 valence electrons. The lowest BCUT2D eigenvalue weighted by Crippen LogP contribution is -2.53. The number of hydrogen-bond acceptors (Lipinski definition) is 2. The molecule has 2 heterocycles. The first-order chi connectivity index (χ1) is 9.69. The second-order valence-corrected chi connectivity index (χ2v) is 5.51. The number of carbonyl (C=O) groups excluding carboxylic acids is 1. The fourth-order valence-corrected chi connectivity index (χ4v) is 3.02. The van der Waals surface area contributed by atoms with Crippen molar-refractivity contribution in [2.24, 2.45) is 0 Å². The molecule has 0 spiro atoms. The molecule has 1 atom stereocenters. The number of likely N-dealkylation sites (N-methyl/N-ethyl adjacent to an activating group) is 1.